The van der Waals surface area contributed by atoms with Crippen LogP contribution in [-0.2, 0) is 0 Å². The minimum atomic E-state index is -0.715. The lowest BCUT2D eigenvalue weighted by atomic mass is 9.97. The molecule has 0 N–H and O–H groups in total. The summed E-state index contributed by atoms with van der Waals surface area (Å²) in [6.45, 7) is 1.91. The first-order valence-electron chi connectivity index (χ1n) is 10.3. The Bertz CT molecular complexity index is 1480. The molecule has 33 heavy (non-hydrogen) atoms. The molecule has 1 atom stereocenters. The number of carbonyl (C=O) groups excluding carboxylic acids is 1. The maximum Gasteiger partial charge on any atom is 0.295 e. The molecule has 1 aliphatic heterocycles. The van der Waals surface area contributed by atoms with Gasteiger partial charge in [0, 0.05) is 5.69 Å². The van der Waals surface area contributed by atoms with E-state index >= 15 is 0 Å². The molecule has 0 aliphatic carbocycles. The third-order valence-corrected chi connectivity index (χ3v) is 6.14. The van der Waals surface area contributed by atoms with Crippen LogP contribution in [-0.4, -0.2) is 20.1 Å². The Labute approximate surface area is 194 Å². The summed E-state index contributed by atoms with van der Waals surface area (Å²) in [5, 5.41) is 0.785. The predicted molar refractivity (Wildman–Crippen MR) is 127 cm³/mol. The van der Waals surface area contributed by atoms with E-state index < -0.39 is 11.9 Å². The number of hydrogen-bond acceptors (Lipinski definition) is 5. The Morgan fingerprint density at radius 3 is 2.52 bits per heavy atom. The normalized spacial score (nSPS) is 15.1. The average molecular weight is 462 g/mol. The highest BCUT2D eigenvalue weighted by molar-refractivity contribution is 6.32. The van der Waals surface area contributed by atoms with E-state index in [0.717, 1.165) is 5.56 Å². The number of rotatable bonds is 4. The fraction of sp³-hybridized carbons (Fsp3) is 0.154. The van der Waals surface area contributed by atoms with E-state index in [4.69, 9.17) is 25.5 Å². The molecule has 0 radical (unpaired) electrons. The maximum atomic E-state index is 13.7. The van der Waals surface area contributed by atoms with Gasteiger partial charge in [-0.25, -0.2) is 0 Å². The number of fused-ring (bicyclic) bond motifs is 2. The van der Waals surface area contributed by atoms with Crippen LogP contribution in [0.2, 0.25) is 5.02 Å². The molecule has 3 aromatic carbocycles. The van der Waals surface area contributed by atoms with Crippen LogP contribution in [0.15, 0.2) is 69.9 Å². The summed E-state index contributed by atoms with van der Waals surface area (Å²) < 4.78 is 16.7. The third-order valence-electron chi connectivity index (χ3n) is 5.85. The van der Waals surface area contributed by atoms with Gasteiger partial charge in [0.15, 0.2) is 5.43 Å². The summed E-state index contributed by atoms with van der Waals surface area (Å²) >= 11 is 6.37. The number of amides is 1. The maximum absolute atomic E-state index is 13.7. The highest BCUT2D eigenvalue weighted by Crippen LogP contribution is 2.43. The summed E-state index contributed by atoms with van der Waals surface area (Å²) in [5.74, 6) is 0.704. The first-order chi connectivity index (χ1) is 15.9. The van der Waals surface area contributed by atoms with Gasteiger partial charge >= 0.3 is 0 Å². The number of anilines is 1. The van der Waals surface area contributed by atoms with E-state index in [9.17, 15) is 9.59 Å². The molecule has 0 spiro atoms. The molecule has 4 aromatic rings. The van der Waals surface area contributed by atoms with Gasteiger partial charge in [-0.2, -0.15) is 0 Å². The molecule has 1 aliphatic rings. The number of hydrogen-bond donors (Lipinski definition) is 0. The molecule has 1 amide bonds. The minimum Gasteiger partial charge on any atom is -0.497 e. The minimum absolute atomic E-state index is 0.0242. The van der Waals surface area contributed by atoms with Gasteiger partial charge in [0.25, 0.3) is 5.91 Å². The molecule has 6 nitrogen and oxygen atoms in total. The van der Waals surface area contributed by atoms with E-state index in [2.05, 4.69) is 0 Å². The Hall–Kier alpha value is -3.77. The zero-order chi connectivity index (χ0) is 23.3. The Balaban J connectivity index is 1.80. The van der Waals surface area contributed by atoms with Gasteiger partial charge in [0.2, 0.25) is 5.76 Å². The SMILES string of the molecule is COc1cccc(C2c3c(oc4ccc(C)cc4c3=O)C(=O)N2c2ccc(OC)c(Cl)c2)c1. The van der Waals surface area contributed by atoms with Gasteiger partial charge in [-0.1, -0.05) is 35.4 Å². The topological polar surface area (TPSA) is 69.0 Å². The number of methoxy groups -OCH3 is 2. The molecular weight excluding hydrogens is 442 g/mol. The van der Waals surface area contributed by atoms with Crippen molar-refractivity contribution in [1.29, 1.82) is 0 Å². The highest BCUT2D eigenvalue weighted by Gasteiger charge is 2.44. The number of benzene rings is 3. The van der Waals surface area contributed by atoms with Crippen molar-refractivity contribution in [3.8, 4) is 11.5 Å². The number of aryl methyl sites for hydroxylation is 1. The van der Waals surface area contributed by atoms with Crippen molar-refractivity contribution in [3.05, 3.63) is 98.4 Å². The standard InChI is InChI=1S/C26H20ClNO5/c1-14-7-9-20-18(11-14)24(29)22-23(15-5-4-6-17(12-15)31-2)28(26(30)25(22)33-20)16-8-10-21(32-3)19(27)13-16/h4-13,23H,1-3H3. The van der Waals surface area contributed by atoms with Gasteiger partial charge in [-0.05, 0) is 55.0 Å². The van der Waals surface area contributed by atoms with E-state index in [0.29, 0.717) is 44.3 Å². The molecule has 0 saturated carbocycles. The Kier molecular flexibility index (Phi) is 5.10. The molecule has 1 unspecified atom stereocenters. The predicted octanol–water partition coefficient (Wildman–Crippen LogP) is 5.52. The number of halogens is 1. The van der Waals surface area contributed by atoms with E-state index in [1.165, 1.54) is 12.0 Å². The van der Waals surface area contributed by atoms with Crippen LogP contribution in [0, 0.1) is 6.92 Å². The van der Waals surface area contributed by atoms with E-state index in [-0.39, 0.29) is 11.2 Å². The summed E-state index contributed by atoms with van der Waals surface area (Å²) in [7, 11) is 3.09. The van der Waals surface area contributed by atoms with Crippen LogP contribution in [0.25, 0.3) is 11.0 Å². The van der Waals surface area contributed by atoms with Gasteiger partial charge in [-0.3, -0.25) is 14.5 Å². The van der Waals surface area contributed by atoms with Crippen molar-refractivity contribution in [1.82, 2.24) is 0 Å². The lowest BCUT2D eigenvalue weighted by Gasteiger charge is -2.26. The molecule has 1 aromatic heterocycles. The monoisotopic (exact) mass is 461 g/mol. The van der Waals surface area contributed by atoms with Crippen LogP contribution in [0.1, 0.15) is 33.3 Å². The van der Waals surface area contributed by atoms with Crippen molar-refractivity contribution in [2.75, 3.05) is 19.1 Å². The zero-order valence-electron chi connectivity index (χ0n) is 18.2. The smallest absolute Gasteiger partial charge is 0.295 e. The number of nitrogens with zero attached hydrogens (tertiary/aromatic N) is 1. The molecular formula is C26H20ClNO5. The molecule has 2 heterocycles. The second-order valence-corrected chi connectivity index (χ2v) is 8.25. The van der Waals surface area contributed by atoms with Crippen LogP contribution in [0.4, 0.5) is 5.69 Å². The Morgan fingerprint density at radius 2 is 1.79 bits per heavy atom. The van der Waals surface area contributed by atoms with Crippen LogP contribution >= 0.6 is 11.6 Å². The number of carbonyl (C=O) groups is 1. The lowest BCUT2D eigenvalue weighted by molar-refractivity contribution is 0.0971. The quantitative estimate of drug-likeness (QED) is 0.400. The van der Waals surface area contributed by atoms with Crippen LogP contribution < -0.4 is 19.8 Å². The van der Waals surface area contributed by atoms with Crippen molar-refractivity contribution in [3.63, 3.8) is 0 Å². The van der Waals surface area contributed by atoms with Crippen molar-refractivity contribution in [2.24, 2.45) is 0 Å². The third kappa shape index (κ3) is 3.34. The van der Waals surface area contributed by atoms with Crippen molar-refractivity contribution < 1.29 is 18.7 Å². The molecule has 166 valence electrons. The molecule has 0 saturated heterocycles. The average Bonchev–Trinajstić information content (AvgIpc) is 3.12. The molecule has 5 rings (SSSR count). The highest BCUT2D eigenvalue weighted by atomic mass is 35.5. The van der Waals surface area contributed by atoms with Gasteiger partial charge in [-0.15, -0.1) is 0 Å². The first kappa shape index (κ1) is 21.1. The largest absolute Gasteiger partial charge is 0.497 e. The van der Waals surface area contributed by atoms with E-state index in [1.807, 2.05) is 37.3 Å². The molecule has 7 heteroatoms. The van der Waals surface area contributed by atoms with Gasteiger partial charge in [0.1, 0.15) is 17.1 Å². The van der Waals surface area contributed by atoms with E-state index in [1.54, 1.807) is 37.4 Å². The van der Waals surface area contributed by atoms with Crippen LogP contribution in [0.3, 0.4) is 0 Å². The fourth-order valence-electron chi connectivity index (χ4n) is 4.29. The zero-order valence-corrected chi connectivity index (χ0v) is 19.0. The summed E-state index contributed by atoms with van der Waals surface area (Å²) in [6, 6.07) is 17.0. The fourth-order valence-corrected chi connectivity index (χ4v) is 4.54. The Morgan fingerprint density at radius 1 is 0.970 bits per heavy atom. The summed E-state index contributed by atoms with van der Waals surface area (Å²) in [4.78, 5) is 28.9. The summed E-state index contributed by atoms with van der Waals surface area (Å²) in [5.41, 5.74) is 2.58. The van der Waals surface area contributed by atoms with Crippen LogP contribution in [0.5, 0.6) is 11.5 Å². The second-order valence-electron chi connectivity index (χ2n) is 7.85. The van der Waals surface area contributed by atoms with Crippen molar-refractivity contribution in [2.45, 2.75) is 13.0 Å². The van der Waals surface area contributed by atoms with Crippen molar-refractivity contribution >= 4 is 34.2 Å². The second kappa shape index (κ2) is 7.98. The lowest BCUT2D eigenvalue weighted by Crippen LogP contribution is -2.29. The molecule has 0 bridgehead atoms. The number of ether oxygens (including phenoxy) is 2. The van der Waals surface area contributed by atoms with Gasteiger partial charge < -0.3 is 13.9 Å². The van der Waals surface area contributed by atoms with Gasteiger partial charge in [0.05, 0.1) is 36.2 Å². The molecule has 0 fully saturated rings. The summed E-state index contributed by atoms with van der Waals surface area (Å²) in [6.07, 6.45) is 0. The first-order valence-corrected chi connectivity index (χ1v) is 10.7.